The molecule has 32 heavy (non-hydrogen) atoms. The van der Waals surface area contributed by atoms with Gasteiger partial charge in [0.1, 0.15) is 5.83 Å². The summed E-state index contributed by atoms with van der Waals surface area (Å²) >= 11 is 6.13. The predicted octanol–water partition coefficient (Wildman–Crippen LogP) is 6.31. The molecule has 1 N–H and O–H groups in total. The largest absolute Gasteiger partial charge is 0.469 e. The molecule has 172 valence electrons. The van der Waals surface area contributed by atoms with Crippen LogP contribution in [0.4, 0.5) is 23.2 Å². The van der Waals surface area contributed by atoms with Crippen LogP contribution in [0.25, 0.3) is 5.83 Å². The summed E-state index contributed by atoms with van der Waals surface area (Å²) in [6, 6.07) is 9.67. The minimum atomic E-state index is -4.66. The molecule has 0 bridgehead atoms. The molecule has 0 fully saturated rings. The van der Waals surface area contributed by atoms with Gasteiger partial charge in [0, 0.05) is 12.0 Å². The van der Waals surface area contributed by atoms with Crippen LogP contribution in [0.5, 0.6) is 0 Å². The zero-order valence-electron chi connectivity index (χ0n) is 17.4. The maximum Gasteiger partial charge on any atom is 0.392 e. The van der Waals surface area contributed by atoms with Crippen molar-refractivity contribution in [3.63, 3.8) is 0 Å². The maximum absolute atomic E-state index is 13.5. The molecule has 2 aromatic carbocycles. The van der Waals surface area contributed by atoms with Crippen molar-refractivity contribution in [1.82, 2.24) is 0 Å². The molecule has 1 amide bonds. The number of methoxy groups -OCH3 is 1. The smallest absolute Gasteiger partial charge is 0.392 e. The molecular formula is C23H22ClF4NO3. The van der Waals surface area contributed by atoms with Crippen molar-refractivity contribution in [3.8, 4) is 0 Å². The molecule has 0 aliphatic carbocycles. The number of ether oxygens (including phenoxy) is 1. The van der Waals surface area contributed by atoms with Gasteiger partial charge in [0.2, 0.25) is 5.91 Å². The summed E-state index contributed by atoms with van der Waals surface area (Å²) in [5.41, 5.74) is 0.928. The standard InChI is InChI=1S/C23H22ClF4NO3/c1-13(23(26,27)28)21(17-8-6-16(7-9-17)14(2)25)22(31)29-19-12-15(4-10-18(19)24)5-11-20(30)32-3/h4,6-10,12-13,21H,2,5,11H2,1,3H3,(H,29,31). The molecule has 9 heteroatoms. The Hall–Kier alpha value is -2.87. The Kier molecular flexibility index (Phi) is 8.44. The summed E-state index contributed by atoms with van der Waals surface area (Å²) in [7, 11) is 1.26. The number of nitrogens with one attached hydrogen (secondary N) is 1. The lowest BCUT2D eigenvalue weighted by Gasteiger charge is -2.26. The van der Waals surface area contributed by atoms with Crippen LogP contribution in [0, 0.1) is 5.92 Å². The zero-order chi connectivity index (χ0) is 24.1. The summed E-state index contributed by atoms with van der Waals surface area (Å²) in [6.07, 6.45) is -4.27. The van der Waals surface area contributed by atoms with Gasteiger partial charge in [0.25, 0.3) is 0 Å². The highest BCUT2D eigenvalue weighted by molar-refractivity contribution is 6.33. The van der Waals surface area contributed by atoms with Gasteiger partial charge in [-0.05, 0) is 29.7 Å². The zero-order valence-corrected chi connectivity index (χ0v) is 18.2. The number of aryl methyl sites for hydroxylation is 1. The monoisotopic (exact) mass is 471 g/mol. The Labute approximate surface area is 188 Å². The van der Waals surface area contributed by atoms with Gasteiger partial charge < -0.3 is 10.1 Å². The van der Waals surface area contributed by atoms with Crippen LogP contribution in [0.3, 0.4) is 0 Å². The van der Waals surface area contributed by atoms with E-state index in [2.05, 4.69) is 16.6 Å². The number of anilines is 1. The number of rotatable bonds is 8. The van der Waals surface area contributed by atoms with Crippen molar-refractivity contribution < 1.29 is 31.9 Å². The van der Waals surface area contributed by atoms with Gasteiger partial charge in [0.05, 0.1) is 29.7 Å². The summed E-state index contributed by atoms with van der Waals surface area (Å²) in [5.74, 6) is -5.72. The first-order chi connectivity index (χ1) is 14.9. The molecule has 2 atom stereocenters. The molecular weight excluding hydrogens is 450 g/mol. The van der Waals surface area contributed by atoms with Gasteiger partial charge in [0.15, 0.2) is 0 Å². The van der Waals surface area contributed by atoms with Crippen molar-refractivity contribution in [1.29, 1.82) is 0 Å². The van der Waals surface area contributed by atoms with E-state index in [0.717, 1.165) is 6.92 Å². The molecule has 0 spiro atoms. The van der Waals surface area contributed by atoms with Crippen molar-refractivity contribution >= 4 is 35.0 Å². The Morgan fingerprint density at radius 3 is 2.31 bits per heavy atom. The van der Waals surface area contributed by atoms with Crippen molar-refractivity contribution in [2.24, 2.45) is 5.92 Å². The summed E-state index contributed by atoms with van der Waals surface area (Å²) in [4.78, 5) is 24.3. The van der Waals surface area contributed by atoms with Gasteiger partial charge in [-0.25, -0.2) is 4.39 Å². The van der Waals surface area contributed by atoms with Crippen LogP contribution in [-0.4, -0.2) is 25.2 Å². The first-order valence-corrected chi connectivity index (χ1v) is 9.99. The molecule has 0 heterocycles. The lowest BCUT2D eigenvalue weighted by molar-refractivity contribution is -0.178. The Morgan fingerprint density at radius 2 is 1.78 bits per heavy atom. The lowest BCUT2D eigenvalue weighted by Crippen LogP contribution is -2.34. The number of esters is 1. The number of benzene rings is 2. The second kappa shape index (κ2) is 10.6. The number of alkyl halides is 3. The predicted molar refractivity (Wildman–Crippen MR) is 115 cm³/mol. The van der Waals surface area contributed by atoms with Crippen molar-refractivity contribution in [3.05, 3.63) is 70.8 Å². The fourth-order valence-corrected chi connectivity index (χ4v) is 3.27. The minimum Gasteiger partial charge on any atom is -0.469 e. The molecule has 2 rings (SSSR count). The highest BCUT2D eigenvalue weighted by atomic mass is 35.5. The molecule has 2 unspecified atom stereocenters. The van der Waals surface area contributed by atoms with E-state index in [1.807, 2.05) is 0 Å². The third-order valence-electron chi connectivity index (χ3n) is 5.02. The van der Waals surface area contributed by atoms with E-state index in [1.165, 1.54) is 43.5 Å². The summed E-state index contributed by atoms with van der Waals surface area (Å²) < 4.78 is 58.4. The van der Waals surface area contributed by atoms with Crippen LogP contribution < -0.4 is 5.32 Å². The van der Waals surface area contributed by atoms with Gasteiger partial charge in [-0.2, -0.15) is 13.2 Å². The normalized spacial score (nSPS) is 13.2. The summed E-state index contributed by atoms with van der Waals surface area (Å²) in [6.45, 7) is 4.05. The van der Waals surface area contributed by atoms with E-state index in [4.69, 9.17) is 11.6 Å². The lowest BCUT2D eigenvalue weighted by atomic mass is 9.85. The minimum absolute atomic E-state index is 0.0651. The highest BCUT2D eigenvalue weighted by Gasteiger charge is 2.45. The first kappa shape index (κ1) is 25.4. The average Bonchev–Trinajstić information content (AvgIpc) is 2.73. The number of carbonyl (C=O) groups excluding carboxylic acids is 2. The fraction of sp³-hybridized carbons (Fsp3) is 0.304. The van der Waals surface area contributed by atoms with E-state index < -0.39 is 35.7 Å². The van der Waals surface area contributed by atoms with Crippen LogP contribution in [0.1, 0.15) is 36.0 Å². The molecule has 0 radical (unpaired) electrons. The van der Waals surface area contributed by atoms with Crippen molar-refractivity contribution in [2.45, 2.75) is 31.9 Å². The molecule has 0 aromatic heterocycles. The van der Waals surface area contributed by atoms with E-state index in [9.17, 15) is 27.2 Å². The van der Waals surface area contributed by atoms with E-state index in [0.29, 0.717) is 12.0 Å². The number of carbonyl (C=O) groups is 2. The molecule has 4 nitrogen and oxygen atoms in total. The molecule has 0 aliphatic rings. The van der Waals surface area contributed by atoms with Crippen LogP contribution >= 0.6 is 11.6 Å². The van der Waals surface area contributed by atoms with E-state index in [-0.39, 0.29) is 28.3 Å². The maximum atomic E-state index is 13.5. The molecule has 0 aliphatic heterocycles. The SMILES string of the molecule is C=C(F)c1ccc(C(C(=O)Nc2cc(CCC(=O)OC)ccc2Cl)C(C)C(F)(F)F)cc1. The van der Waals surface area contributed by atoms with Gasteiger partial charge >= 0.3 is 12.1 Å². The topological polar surface area (TPSA) is 55.4 Å². The van der Waals surface area contributed by atoms with Gasteiger partial charge in [-0.1, -0.05) is 55.4 Å². The van der Waals surface area contributed by atoms with E-state index in [1.54, 1.807) is 6.07 Å². The first-order valence-electron chi connectivity index (χ1n) is 9.61. The van der Waals surface area contributed by atoms with Gasteiger partial charge in [-0.15, -0.1) is 0 Å². The number of hydrogen-bond donors (Lipinski definition) is 1. The second-order valence-electron chi connectivity index (χ2n) is 7.21. The van der Waals surface area contributed by atoms with Crippen LogP contribution in [0.15, 0.2) is 49.0 Å². The third kappa shape index (κ3) is 6.56. The van der Waals surface area contributed by atoms with Crippen molar-refractivity contribution in [2.75, 3.05) is 12.4 Å². The number of amides is 1. The molecule has 2 aromatic rings. The Morgan fingerprint density at radius 1 is 1.16 bits per heavy atom. The van der Waals surface area contributed by atoms with Gasteiger partial charge in [-0.3, -0.25) is 9.59 Å². The number of halogens is 5. The second-order valence-corrected chi connectivity index (χ2v) is 7.62. The quantitative estimate of drug-likeness (QED) is 0.363. The van der Waals surface area contributed by atoms with Crippen LogP contribution in [0.2, 0.25) is 5.02 Å². The molecule has 0 saturated heterocycles. The number of hydrogen-bond acceptors (Lipinski definition) is 3. The Balaban J connectivity index is 2.34. The summed E-state index contributed by atoms with van der Waals surface area (Å²) in [5, 5.41) is 2.59. The fourth-order valence-electron chi connectivity index (χ4n) is 3.11. The Bertz CT molecular complexity index is 990. The van der Waals surface area contributed by atoms with Crippen LogP contribution in [-0.2, 0) is 20.7 Å². The highest BCUT2D eigenvalue weighted by Crippen LogP contribution is 2.39. The third-order valence-corrected chi connectivity index (χ3v) is 5.35. The average molecular weight is 472 g/mol. The van der Waals surface area contributed by atoms with E-state index >= 15 is 0 Å². The molecule has 0 saturated carbocycles.